The van der Waals surface area contributed by atoms with Crippen molar-refractivity contribution in [2.75, 3.05) is 19.4 Å². The Labute approximate surface area is 252 Å². The fraction of sp³-hybridized carbons (Fsp3) is 0.452. The second-order valence-corrected chi connectivity index (χ2v) is 12.9. The molecular weight excluding hydrogens is 572 g/mol. The van der Waals surface area contributed by atoms with Crippen LogP contribution in [0.2, 0.25) is 0 Å². The van der Waals surface area contributed by atoms with Crippen molar-refractivity contribution >= 4 is 33.8 Å². The molecule has 0 radical (unpaired) electrons. The number of rotatable bonds is 12. The van der Waals surface area contributed by atoms with Gasteiger partial charge >= 0.3 is 12.0 Å². The van der Waals surface area contributed by atoms with Gasteiger partial charge in [-0.3, -0.25) is 0 Å². The number of carbonyl (C=O) groups is 2. The molecular formula is C31H40N4O5S2. The predicted molar refractivity (Wildman–Crippen MR) is 165 cm³/mol. The zero-order chi connectivity index (χ0) is 30.1. The molecule has 0 unspecified atom stereocenters. The van der Waals surface area contributed by atoms with Gasteiger partial charge in [0, 0.05) is 25.1 Å². The van der Waals surface area contributed by atoms with Gasteiger partial charge in [0.25, 0.3) is 10.0 Å². The molecule has 0 spiro atoms. The third kappa shape index (κ3) is 7.74. The van der Waals surface area contributed by atoms with Gasteiger partial charge in [-0.1, -0.05) is 68.7 Å². The standard InChI is InChI=1S/C31H40N4O5S2/c1-4-11-27-33-29(41-3)28(30(36)40-5-2)35(27)21-23-16-18-24(19-17-23)25-14-9-10-15-26(25)42(38,39)34-31(37)32-20-22-12-7-6-8-13-22/h9-10,14-19,22H,4-8,11-13,20-21H2,1-3H3,(H2,32,34,37). The SMILES string of the molecule is CCCc1nc(SC)c(C(=O)OCC)n1Cc1ccc(-c2ccccc2S(=O)(=O)NC(=O)NCC2CCCCC2)cc1. The van der Waals surface area contributed by atoms with Crippen LogP contribution in [0.15, 0.2) is 58.5 Å². The highest BCUT2D eigenvalue weighted by Gasteiger charge is 2.25. The van der Waals surface area contributed by atoms with Crippen molar-refractivity contribution in [2.45, 2.75) is 75.3 Å². The van der Waals surface area contributed by atoms with Crippen molar-refractivity contribution in [2.24, 2.45) is 5.92 Å². The van der Waals surface area contributed by atoms with Crippen LogP contribution < -0.4 is 10.0 Å². The van der Waals surface area contributed by atoms with E-state index >= 15 is 0 Å². The molecule has 1 aliphatic rings. The summed E-state index contributed by atoms with van der Waals surface area (Å²) in [4.78, 5) is 30.1. The number of aryl methyl sites for hydroxylation is 1. The van der Waals surface area contributed by atoms with Crippen LogP contribution in [0, 0.1) is 5.92 Å². The summed E-state index contributed by atoms with van der Waals surface area (Å²) in [5.74, 6) is 0.806. The lowest BCUT2D eigenvalue weighted by molar-refractivity contribution is 0.0509. The number of esters is 1. The Hall–Kier alpha value is -3.31. The Balaban J connectivity index is 1.54. The molecule has 1 heterocycles. The van der Waals surface area contributed by atoms with E-state index in [4.69, 9.17) is 9.72 Å². The molecule has 2 aromatic carbocycles. The van der Waals surface area contributed by atoms with Crippen molar-refractivity contribution < 1.29 is 22.7 Å². The van der Waals surface area contributed by atoms with E-state index in [1.54, 1.807) is 25.1 Å². The largest absolute Gasteiger partial charge is 0.461 e. The molecule has 0 aliphatic heterocycles. The van der Waals surface area contributed by atoms with Gasteiger partial charge in [-0.05, 0) is 55.6 Å². The number of hydrogen-bond donors (Lipinski definition) is 2. The van der Waals surface area contributed by atoms with Crippen LogP contribution in [0.3, 0.4) is 0 Å². The maximum absolute atomic E-state index is 13.3. The Kier molecular flexibility index (Phi) is 11.1. The predicted octanol–water partition coefficient (Wildman–Crippen LogP) is 6.02. The lowest BCUT2D eigenvalue weighted by Gasteiger charge is -2.21. The summed E-state index contributed by atoms with van der Waals surface area (Å²) in [5.41, 5.74) is 2.55. The van der Waals surface area contributed by atoms with Gasteiger partial charge in [0.15, 0.2) is 5.69 Å². The van der Waals surface area contributed by atoms with Crippen molar-refractivity contribution in [3.8, 4) is 11.1 Å². The van der Waals surface area contributed by atoms with Crippen molar-refractivity contribution in [1.82, 2.24) is 19.6 Å². The fourth-order valence-electron chi connectivity index (χ4n) is 5.35. The van der Waals surface area contributed by atoms with Crippen LogP contribution in [-0.2, 0) is 27.7 Å². The fourth-order valence-corrected chi connectivity index (χ4v) is 7.10. The zero-order valence-electron chi connectivity index (χ0n) is 24.5. The number of urea groups is 1. The highest BCUT2D eigenvalue weighted by molar-refractivity contribution is 7.98. The van der Waals surface area contributed by atoms with Crippen LogP contribution in [0.4, 0.5) is 4.79 Å². The van der Waals surface area contributed by atoms with E-state index in [0.717, 1.165) is 49.9 Å². The van der Waals surface area contributed by atoms with Crippen molar-refractivity contribution in [1.29, 1.82) is 0 Å². The summed E-state index contributed by atoms with van der Waals surface area (Å²) in [6.07, 6.45) is 9.09. The topological polar surface area (TPSA) is 119 Å². The third-order valence-electron chi connectivity index (χ3n) is 7.44. The molecule has 0 saturated heterocycles. The molecule has 4 rings (SSSR count). The molecule has 2 amide bonds. The van der Waals surface area contributed by atoms with Crippen molar-refractivity contribution in [3.63, 3.8) is 0 Å². The number of amides is 2. The molecule has 1 aliphatic carbocycles. The van der Waals surface area contributed by atoms with Crippen LogP contribution in [-0.4, -0.2) is 49.4 Å². The zero-order valence-corrected chi connectivity index (χ0v) is 26.2. The summed E-state index contributed by atoms with van der Waals surface area (Å²) < 4.78 is 35.9. The smallest absolute Gasteiger partial charge is 0.357 e. The number of imidazole rings is 1. The van der Waals surface area contributed by atoms with Gasteiger partial charge in [0.1, 0.15) is 10.9 Å². The highest BCUT2D eigenvalue weighted by Crippen LogP contribution is 2.29. The minimum absolute atomic E-state index is 0.0274. The minimum Gasteiger partial charge on any atom is -0.461 e. The Morgan fingerprint density at radius 1 is 1.05 bits per heavy atom. The maximum Gasteiger partial charge on any atom is 0.357 e. The molecule has 1 saturated carbocycles. The van der Waals surface area contributed by atoms with Gasteiger partial charge in [-0.15, -0.1) is 11.8 Å². The number of nitrogens with one attached hydrogen (secondary N) is 2. The number of nitrogens with zero attached hydrogens (tertiary/aromatic N) is 2. The molecule has 2 N–H and O–H groups in total. The summed E-state index contributed by atoms with van der Waals surface area (Å²) >= 11 is 1.41. The second-order valence-electron chi connectivity index (χ2n) is 10.5. The number of benzene rings is 2. The summed E-state index contributed by atoms with van der Waals surface area (Å²) in [6.45, 7) is 5.00. The molecule has 9 nitrogen and oxygen atoms in total. The van der Waals surface area contributed by atoms with E-state index in [2.05, 4.69) is 17.0 Å². The Morgan fingerprint density at radius 3 is 2.43 bits per heavy atom. The summed E-state index contributed by atoms with van der Waals surface area (Å²) in [6, 6.07) is 13.4. The maximum atomic E-state index is 13.3. The summed E-state index contributed by atoms with van der Waals surface area (Å²) in [5, 5.41) is 3.38. The van der Waals surface area contributed by atoms with Gasteiger partial charge in [-0.2, -0.15) is 0 Å². The van der Waals surface area contributed by atoms with Crippen LogP contribution in [0.25, 0.3) is 11.1 Å². The molecule has 0 bridgehead atoms. The lowest BCUT2D eigenvalue weighted by Crippen LogP contribution is -2.41. The van der Waals surface area contributed by atoms with E-state index in [9.17, 15) is 18.0 Å². The molecule has 1 fully saturated rings. The Morgan fingerprint density at radius 2 is 1.76 bits per heavy atom. The monoisotopic (exact) mass is 612 g/mol. The molecule has 11 heteroatoms. The normalized spacial score (nSPS) is 14.0. The van der Waals surface area contributed by atoms with Gasteiger partial charge in [0.2, 0.25) is 0 Å². The first-order valence-electron chi connectivity index (χ1n) is 14.6. The average molecular weight is 613 g/mol. The first-order chi connectivity index (χ1) is 20.3. The molecule has 1 aromatic heterocycles. The number of sulfonamides is 1. The first kappa shape index (κ1) is 31.6. The van der Waals surface area contributed by atoms with Gasteiger partial charge < -0.3 is 14.6 Å². The number of hydrogen-bond acceptors (Lipinski definition) is 7. The highest BCUT2D eigenvalue weighted by atomic mass is 32.2. The van der Waals surface area contributed by atoms with Gasteiger partial charge in [0.05, 0.1) is 11.5 Å². The van der Waals surface area contributed by atoms with E-state index in [1.807, 2.05) is 35.1 Å². The van der Waals surface area contributed by atoms with Gasteiger partial charge in [-0.25, -0.2) is 27.7 Å². The summed E-state index contributed by atoms with van der Waals surface area (Å²) in [7, 11) is -4.11. The first-order valence-corrected chi connectivity index (χ1v) is 17.3. The molecule has 42 heavy (non-hydrogen) atoms. The van der Waals surface area contributed by atoms with E-state index in [1.165, 1.54) is 24.2 Å². The van der Waals surface area contributed by atoms with Crippen molar-refractivity contribution in [3.05, 3.63) is 65.6 Å². The minimum atomic E-state index is -4.11. The third-order valence-corrected chi connectivity index (χ3v) is 9.50. The molecule has 226 valence electrons. The lowest BCUT2D eigenvalue weighted by atomic mass is 9.89. The molecule has 3 aromatic rings. The number of thioether (sulfide) groups is 1. The van der Waals surface area contributed by atoms with E-state index < -0.39 is 22.0 Å². The number of carbonyl (C=O) groups excluding carboxylic acids is 2. The Bertz CT molecular complexity index is 1480. The van der Waals surface area contributed by atoms with Crippen LogP contribution in [0.5, 0.6) is 0 Å². The van der Waals surface area contributed by atoms with Crippen LogP contribution in [0.1, 0.15) is 74.2 Å². The number of ether oxygens (including phenoxy) is 1. The number of aromatic nitrogens is 2. The quantitative estimate of drug-likeness (QED) is 0.190. The van der Waals surface area contributed by atoms with Crippen LogP contribution >= 0.6 is 11.8 Å². The molecule has 0 atom stereocenters. The van der Waals surface area contributed by atoms with E-state index in [-0.39, 0.29) is 11.5 Å². The van der Waals surface area contributed by atoms with E-state index in [0.29, 0.717) is 40.9 Å². The average Bonchev–Trinajstić information content (AvgIpc) is 3.34. The second kappa shape index (κ2) is 14.7.